The number of benzene rings is 2. The number of rotatable bonds is 5. The summed E-state index contributed by atoms with van der Waals surface area (Å²) in [6.45, 7) is 11.3. The second-order valence-corrected chi connectivity index (χ2v) is 10.3. The number of pyridine rings is 1. The number of aromatic nitrogens is 1. The lowest BCUT2D eigenvalue weighted by molar-refractivity contribution is -0.132. The smallest absolute Gasteiger partial charge is 0.331 e. The number of aliphatic carboxylic acids is 1. The van der Waals surface area contributed by atoms with Gasteiger partial charge in [-0.3, -0.25) is 4.79 Å². The number of anilines is 1. The summed E-state index contributed by atoms with van der Waals surface area (Å²) >= 11 is 0. The lowest BCUT2D eigenvalue weighted by Gasteiger charge is -2.23. The summed E-state index contributed by atoms with van der Waals surface area (Å²) in [7, 11) is 0. The average Bonchev–Trinajstić information content (AvgIpc) is 3.32. The van der Waals surface area contributed by atoms with Crippen LogP contribution in [-0.2, 0) is 4.79 Å². The van der Waals surface area contributed by atoms with Crippen molar-refractivity contribution >= 4 is 34.7 Å². The van der Waals surface area contributed by atoms with Crippen LogP contribution in [0.5, 0.6) is 0 Å². The zero-order chi connectivity index (χ0) is 25.3. The largest absolute Gasteiger partial charge is 0.478 e. The molecular weight excluding hydrogens is 438 g/mol. The van der Waals surface area contributed by atoms with Crippen LogP contribution in [0.1, 0.15) is 62.0 Å². The van der Waals surface area contributed by atoms with Crippen LogP contribution in [0.2, 0.25) is 0 Å². The molecule has 35 heavy (non-hydrogen) atoms. The number of hydrogen-bond acceptors (Lipinski definition) is 4. The fraction of sp³-hybridized carbons (Fsp3) is 0.345. The highest BCUT2D eigenvalue weighted by atomic mass is 16.4. The number of carboxylic acid groups (broad SMARTS) is 1. The van der Waals surface area contributed by atoms with E-state index in [4.69, 9.17) is 4.98 Å². The van der Waals surface area contributed by atoms with Crippen LogP contribution in [0.15, 0.2) is 48.0 Å². The summed E-state index contributed by atoms with van der Waals surface area (Å²) in [6, 6.07) is 13.9. The topological polar surface area (TPSA) is 82.5 Å². The van der Waals surface area contributed by atoms with E-state index >= 15 is 0 Å². The first-order valence-electron chi connectivity index (χ1n) is 12.1. The van der Waals surface area contributed by atoms with E-state index in [1.807, 2.05) is 75.1 Å². The van der Waals surface area contributed by atoms with Crippen molar-refractivity contribution in [2.45, 2.75) is 53.0 Å². The maximum Gasteiger partial charge on any atom is 0.331 e. The molecule has 1 aromatic heterocycles. The van der Waals surface area contributed by atoms with Gasteiger partial charge in [-0.25, -0.2) is 9.78 Å². The van der Waals surface area contributed by atoms with E-state index in [1.54, 1.807) is 13.0 Å². The normalized spacial score (nSPS) is 14.4. The number of fused-ring (bicyclic) bond motifs is 1. The molecule has 1 amide bonds. The molecular formula is C29H33N3O3. The van der Waals surface area contributed by atoms with Gasteiger partial charge in [-0.05, 0) is 94.5 Å². The first-order valence-corrected chi connectivity index (χ1v) is 12.1. The Morgan fingerprint density at radius 3 is 2.46 bits per heavy atom. The SMILES string of the molecule is CC(=Cc1cc2cc(-c3c(C)cccc3C(=O)N3CCCC3)ccc2nc1NC(C)(C)C)C(=O)O. The molecule has 0 spiro atoms. The van der Waals surface area contributed by atoms with Gasteiger partial charge >= 0.3 is 5.97 Å². The first kappa shape index (κ1) is 24.5. The summed E-state index contributed by atoms with van der Waals surface area (Å²) < 4.78 is 0. The molecule has 0 saturated carbocycles. The van der Waals surface area contributed by atoms with E-state index in [9.17, 15) is 14.7 Å². The van der Waals surface area contributed by atoms with Gasteiger partial charge in [0.05, 0.1) is 5.52 Å². The van der Waals surface area contributed by atoms with Crippen molar-refractivity contribution in [2.24, 2.45) is 0 Å². The van der Waals surface area contributed by atoms with Crippen molar-refractivity contribution in [3.8, 4) is 11.1 Å². The number of aryl methyl sites for hydroxylation is 1. The van der Waals surface area contributed by atoms with Crippen molar-refractivity contribution in [2.75, 3.05) is 18.4 Å². The quantitative estimate of drug-likeness (QED) is 0.437. The van der Waals surface area contributed by atoms with E-state index in [0.29, 0.717) is 16.9 Å². The van der Waals surface area contributed by atoms with Gasteiger partial charge in [-0.1, -0.05) is 18.2 Å². The molecule has 4 rings (SSSR count). The molecule has 1 saturated heterocycles. The zero-order valence-electron chi connectivity index (χ0n) is 21.1. The Balaban J connectivity index is 1.86. The molecule has 6 heteroatoms. The Kier molecular flexibility index (Phi) is 6.66. The van der Waals surface area contributed by atoms with Crippen molar-refractivity contribution in [3.63, 3.8) is 0 Å². The van der Waals surface area contributed by atoms with E-state index in [-0.39, 0.29) is 17.0 Å². The van der Waals surface area contributed by atoms with Gasteiger partial charge in [0.15, 0.2) is 0 Å². The first-order chi connectivity index (χ1) is 16.5. The standard InChI is InChI=1S/C29H33N3O3/c1-18-9-8-10-23(27(33)32-13-6-7-14-32)25(18)20-11-12-24-21(16-20)17-22(15-19(2)28(34)35)26(30-24)31-29(3,4)5/h8-12,15-17H,6-7,13-14H2,1-5H3,(H,30,31)(H,34,35). The van der Waals surface area contributed by atoms with Gasteiger partial charge in [0.1, 0.15) is 5.82 Å². The number of carboxylic acids is 1. The summed E-state index contributed by atoms with van der Waals surface area (Å²) in [5.74, 6) is -0.255. The fourth-order valence-electron chi connectivity index (χ4n) is 4.53. The monoisotopic (exact) mass is 471 g/mol. The lowest BCUT2D eigenvalue weighted by Crippen LogP contribution is -2.28. The maximum atomic E-state index is 13.3. The molecule has 1 fully saturated rings. The summed E-state index contributed by atoms with van der Waals surface area (Å²) in [4.78, 5) is 31.6. The highest BCUT2D eigenvalue weighted by molar-refractivity contribution is 6.03. The molecule has 0 aliphatic carbocycles. The molecule has 182 valence electrons. The summed E-state index contributed by atoms with van der Waals surface area (Å²) in [5.41, 5.74) is 5.13. The van der Waals surface area contributed by atoms with Crippen LogP contribution >= 0.6 is 0 Å². The van der Waals surface area contributed by atoms with E-state index < -0.39 is 5.97 Å². The van der Waals surface area contributed by atoms with Crippen LogP contribution in [0.3, 0.4) is 0 Å². The van der Waals surface area contributed by atoms with Gasteiger partial charge in [-0.2, -0.15) is 0 Å². The molecule has 0 atom stereocenters. The summed E-state index contributed by atoms with van der Waals surface area (Å²) in [5, 5.41) is 13.7. The van der Waals surface area contributed by atoms with E-state index in [1.165, 1.54) is 0 Å². The third kappa shape index (κ3) is 5.37. The number of likely N-dealkylation sites (tertiary alicyclic amines) is 1. The maximum absolute atomic E-state index is 13.3. The Labute approximate surface area is 206 Å². The van der Waals surface area contributed by atoms with Crippen LogP contribution in [0, 0.1) is 6.92 Å². The Bertz CT molecular complexity index is 1330. The third-order valence-corrected chi connectivity index (χ3v) is 6.23. The molecule has 2 N–H and O–H groups in total. The second kappa shape index (κ2) is 9.53. The van der Waals surface area contributed by atoms with Crippen molar-refractivity contribution in [3.05, 3.63) is 64.7 Å². The predicted molar refractivity (Wildman–Crippen MR) is 142 cm³/mol. The lowest BCUT2D eigenvalue weighted by atomic mass is 9.93. The fourth-order valence-corrected chi connectivity index (χ4v) is 4.53. The number of carbonyl (C=O) groups excluding carboxylic acids is 1. The minimum atomic E-state index is -0.967. The third-order valence-electron chi connectivity index (χ3n) is 6.23. The molecule has 1 aliphatic rings. The molecule has 0 unspecified atom stereocenters. The molecule has 2 aromatic carbocycles. The van der Waals surface area contributed by atoms with Gasteiger partial charge in [0, 0.05) is 40.7 Å². The van der Waals surface area contributed by atoms with Crippen LogP contribution < -0.4 is 5.32 Å². The van der Waals surface area contributed by atoms with Gasteiger partial charge < -0.3 is 15.3 Å². The minimum absolute atomic E-state index is 0.0739. The highest BCUT2D eigenvalue weighted by Gasteiger charge is 2.23. The van der Waals surface area contributed by atoms with E-state index in [2.05, 4.69) is 5.32 Å². The molecule has 0 radical (unpaired) electrons. The molecule has 6 nitrogen and oxygen atoms in total. The Hall–Kier alpha value is -3.67. The second-order valence-electron chi connectivity index (χ2n) is 10.3. The van der Waals surface area contributed by atoms with Gasteiger partial charge in [0.2, 0.25) is 0 Å². The zero-order valence-corrected chi connectivity index (χ0v) is 21.1. The van der Waals surface area contributed by atoms with Crippen LogP contribution in [-0.4, -0.2) is 45.5 Å². The number of hydrogen-bond donors (Lipinski definition) is 2. The molecule has 1 aliphatic heterocycles. The van der Waals surface area contributed by atoms with E-state index in [0.717, 1.165) is 53.5 Å². The summed E-state index contributed by atoms with van der Waals surface area (Å²) in [6.07, 6.45) is 3.74. The van der Waals surface area contributed by atoms with Crippen molar-refractivity contribution < 1.29 is 14.7 Å². The van der Waals surface area contributed by atoms with Gasteiger partial charge in [-0.15, -0.1) is 0 Å². The highest BCUT2D eigenvalue weighted by Crippen LogP contribution is 2.33. The molecule has 0 bridgehead atoms. The molecule has 2 heterocycles. The van der Waals surface area contributed by atoms with Crippen LogP contribution in [0.4, 0.5) is 5.82 Å². The minimum Gasteiger partial charge on any atom is -0.478 e. The average molecular weight is 472 g/mol. The number of nitrogens with zero attached hydrogens (tertiary/aromatic N) is 2. The Morgan fingerprint density at radius 1 is 1.09 bits per heavy atom. The predicted octanol–water partition coefficient (Wildman–Crippen LogP) is 6.14. The number of amides is 1. The Morgan fingerprint density at radius 2 is 1.80 bits per heavy atom. The number of nitrogens with one attached hydrogen (secondary N) is 1. The number of carbonyl (C=O) groups is 2. The molecule has 3 aromatic rings. The van der Waals surface area contributed by atoms with Gasteiger partial charge in [0.25, 0.3) is 5.91 Å². The van der Waals surface area contributed by atoms with Crippen molar-refractivity contribution in [1.82, 2.24) is 9.88 Å². The van der Waals surface area contributed by atoms with Crippen LogP contribution in [0.25, 0.3) is 28.1 Å². The van der Waals surface area contributed by atoms with Crippen molar-refractivity contribution in [1.29, 1.82) is 0 Å².